The molecule has 0 saturated carbocycles. The lowest BCUT2D eigenvalue weighted by molar-refractivity contribution is -0.209. The predicted octanol–water partition coefficient (Wildman–Crippen LogP) is -1.47. The van der Waals surface area contributed by atoms with Crippen LogP contribution in [0.3, 0.4) is 0 Å². The van der Waals surface area contributed by atoms with E-state index in [9.17, 15) is 4.79 Å². The summed E-state index contributed by atoms with van der Waals surface area (Å²) in [7, 11) is 0. The van der Waals surface area contributed by atoms with Crippen LogP contribution in [0.25, 0.3) is 0 Å². The molecule has 0 radical (unpaired) electrons. The van der Waals surface area contributed by atoms with Crippen molar-refractivity contribution in [3.63, 3.8) is 0 Å². The maximum Gasteiger partial charge on any atom is 0.217 e. The van der Waals surface area contributed by atoms with Gasteiger partial charge in [0.05, 0.1) is 5.88 Å². The molecule has 0 aromatic carbocycles. The molecular formula is C6H12ClNO4. The Morgan fingerprint density at radius 2 is 2.08 bits per heavy atom. The van der Waals surface area contributed by atoms with Gasteiger partial charge in [0.25, 0.3) is 0 Å². The van der Waals surface area contributed by atoms with E-state index in [4.69, 9.17) is 32.7 Å². The highest BCUT2D eigenvalue weighted by Gasteiger charge is 2.31. The number of aliphatic hydroxyl groups excluding tert-OH is 1. The summed E-state index contributed by atoms with van der Waals surface area (Å²) >= 11 is 5.13. The second-order valence-corrected chi connectivity index (χ2v) is 2.80. The van der Waals surface area contributed by atoms with Crippen molar-refractivity contribution in [2.75, 3.05) is 5.88 Å². The minimum absolute atomic E-state index is 0.110. The van der Waals surface area contributed by atoms with Crippen molar-refractivity contribution < 1.29 is 20.1 Å². The van der Waals surface area contributed by atoms with Crippen LogP contribution in [0.1, 0.15) is 12.8 Å². The van der Waals surface area contributed by atoms with Crippen LogP contribution in [-0.4, -0.2) is 39.0 Å². The average molecular weight is 198 g/mol. The van der Waals surface area contributed by atoms with Gasteiger partial charge in [0.1, 0.15) is 6.10 Å². The fourth-order valence-electron chi connectivity index (χ4n) is 0.599. The van der Waals surface area contributed by atoms with Crippen LogP contribution in [0, 0.1) is 0 Å². The number of rotatable bonds is 5. The molecule has 0 aromatic heterocycles. The molecule has 0 aliphatic heterocycles. The van der Waals surface area contributed by atoms with Gasteiger partial charge in [-0.2, -0.15) is 0 Å². The number of hydrogen-bond donors (Lipinski definition) is 4. The van der Waals surface area contributed by atoms with Gasteiger partial charge in [0.15, 0.2) is 0 Å². The van der Waals surface area contributed by atoms with Gasteiger partial charge in [0, 0.05) is 6.42 Å². The lowest BCUT2D eigenvalue weighted by Crippen LogP contribution is -2.44. The van der Waals surface area contributed by atoms with Crippen molar-refractivity contribution in [1.29, 1.82) is 0 Å². The predicted molar refractivity (Wildman–Crippen MR) is 42.3 cm³/mol. The second-order valence-electron chi connectivity index (χ2n) is 2.53. The van der Waals surface area contributed by atoms with Gasteiger partial charge in [-0.3, -0.25) is 4.79 Å². The average Bonchev–Trinajstić information content (AvgIpc) is 2.00. The van der Waals surface area contributed by atoms with E-state index < -0.39 is 23.7 Å². The van der Waals surface area contributed by atoms with Crippen LogP contribution in [0.2, 0.25) is 0 Å². The summed E-state index contributed by atoms with van der Waals surface area (Å²) in [5, 5.41) is 26.9. The van der Waals surface area contributed by atoms with Crippen molar-refractivity contribution in [2.24, 2.45) is 5.73 Å². The van der Waals surface area contributed by atoms with Crippen molar-refractivity contribution in [1.82, 2.24) is 0 Å². The smallest absolute Gasteiger partial charge is 0.217 e. The maximum absolute atomic E-state index is 10.2. The fraction of sp³-hybridized carbons (Fsp3) is 0.833. The van der Waals surface area contributed by atoms with Gasteiger partial charge >= 0.3 is 0 Å². The normalized spacial score (nSPS) is 14.3. The van der Waals surface area contributed by atoms with Crippen molar-refractivity contribution in [3.05, 3.63) is 0 Å². The molecule has 1 amide bonds. The maximum atomic E-state index is 10.2. The van der Waals surface area contributed by atoms with Crippen molar-refractivity contribution in [2.45, 2.75) is 24.7 Å². The number of alkyl halides is 1. The van der Waals surface area contributed by atoms with E-state index in [1.54, 1.807) is 0 Å². The van der Waals surface area contributed by atoms with E-state index in [-0.39, 0.29) is 12.8 Å². The highest BCUT2D eigenvalue weighted by molar-refractivity contribution is 6.18. The standard InChI is InChI=1S/C6H12ClNO4/c7-3-6(11,12)4(9)1-2-5(8)10/h4,9,11-12H,1-3H2,(H2,8,10). The Kier molecular flexibility index (Phi) is 4.47. The molecule has 5 N–H and O–H groups in total. The topological polar surface area (TPSA) is 104 Å². The summed E-state index contributed by atoms with van der Waals surface area (Å²) in [6.45, 7) is 0. The largest absolute Gasteiger partial charge is 0.387 e. The van der Waals surface area contributed by atoms with E-state index in [0.29, 0.717) is 0 Å². The van der Waals surface area contributed by atoms with Gasteiger partial charge in [0.2, 0.25) is 11.7 Å². The fourth-order valence-corrected chi connectivity index (χ4v) is 0.777. The molecule has 1 atom stereocenters. The molecule has 72 valence electrons. The van der Waals surface area contributed by atoms with Gasteiger partial charge in [-0.15, -0.1) is 11.6 Å². The third-order valence-corrected chi connectivity index (χ3v) is 1.79. The molecule has 0 rings (SSSR count). The van der Waals surface area contributed by atoms with E-state index in [1.165, 1.54) is 0 Å². The zero-order valence-electron chi connectivity index (χ0n) is 6.40. The number of amides is 1. The van der Waals surface area contributed by atoms with Crippen LogP contribution in [0.4, 0.5) is 0 Å². The van der Waals surface area contributed by atoms with Gasteiger partial charge < -0.3 is 21.1 Å². The van der Waals surface area contributed by atoms with Crippen LogP contribution in [0.15, 0.2) is 0 Å². The number of halogens is 1. The lowest BCUT2D eigenvalue weighted by Gasteiger charge is -2.24. The molecule has 0 aromatic rings. The summed E-state index contributed by atoms with van der Waals surface area (Å²) in [5.41, 5.74) is 4.78. The number of hydrogen-bond acceptors (Lipinski definition) is 4. The molecule has 12 heavy (non-hydrogen) atoms. The van der Waals surface area contributed by atoms with E-state index in [0.717, 1.165) is 0 Å². The summed E-state index contributed by atoms with van der Waals surface area (Å²) in [6, 6.07) is 0. The number of carbonyl (C=O) groups is 1. The molecular weight excluding hydrogens is 186 g/mol. The molecule has 0 aliphatic carbocycles. The summed E-state index contributed by atoms with van der Waals surface area (Å²) in [6.07, 6.45) is -1.68. The van der Waals surface area contributed by atoms with E-state index in [1.807, 2.05) is 0 Å². The molecule has 0 spiro atoms. The number of carbonyl (C=O) groups excluding carboxylic acids is 1. The summed E-state index contributed by atoms with van der Waals surface area (Å²) in [5.74, 6) is -3.48. The second kappa shape index (κ2) is 4.61. The summed E-state index contributed by atoms with van der Waals surface area (Å²) in [4.78, 5) is 10.2. The summed E-state index contributed by atoms with van der Waals surface area (Å²) < 4.78 is 0. The van der Waals surface area contributed by atoms with E-state index in [2.05, 4.69) is 0 Å². The van der Waals surface area contributed by atoms with E-state index >= 15 is 0 Å². The molecule has 0 aliphatic rings. The SMILES string of the molecule is NC(=O)CCC(O)C(O)(O)CCl. The lowest BCUT2D eigenvalue weighted by atomic mass is 10.1. The van der Waals surface area contributed by atoms with Crippen molar-refractivity contribution in [3.8, 4) is 0 Å². The minimum atomic E-state index is -2.35. The first-order valence-corrected chi connectivity index (χ1v) is 3.90. The molecule has 0 bridgehead atoms. The minimum Gasteiger partial charge on any atom is -0.387 e. The zero-order chi connectivity index (χ0) is 9.78. The number of aliphatic hydroxyl groups is 3. The molecule has 0 saturated heterocycles. The highest BCUT2D eigenvalue weighted by atomic mass is 35.5. The van der Waals surface area contributed by atoms with Crippen molar-refractivity contribution >= 4 is 17.5 Å². The van der Waals surface area contributed by atoms with Gasteiger partial charge in [-0.25, -0.2) is 0 Å². The van der Waals surface area contributed by atoms with Crippen LogP contribution < -0.4 is 5.73 Å². The Labute approximate surface area is 74.8 Å². The zero-order valence-corrected chi connectivity index (χ0v) is 7.16. The molecule has 0 fully saturated rings. The monoisotopic (exact) mass is 197 g/mol. The third kappa shape index (κ3) is 3.87. The van der Waals surface area contributed by atoms with Crippen LogP contribution >= 0.6 is 11.6 Å². The quantitative estimate of drug-likeness (QED) is 0.319. The Morgan fingerprint density at radius 1 is 1.58 bits per heavy atom. The Balaban J connectivity index is 3.86. The molecule has 1 unspecified atom stereocenters. The Bertz CT molecular complexity index is 162. The number of primary amides is 1. The van der Waals surface area contributed by atoms with Gasteiger partial charge in [-0.1, -0.05) is 0 Å². The highest BCUT2D eigenvalue weighted by Crippen LogP contribution is 2.13. The Morgan fingerprint density at radius 3 is 2.42 bits per heavy atom. The Hall–Kier alpha value is -0.360. The third-order valence-electron chi connectivity index (χ3n) is 1.39. The first-order valence-electron chi connectivity index (χ1n) is 3.37. The number of nitrogens with two attached hydrogens (primary N) is 1. The van der Waals surface area contributed by atoms with Crippen LogP contribution in [0.5, 0.6) is 0 Å². The first kappa shape index (κ1) is 11.6. The molecule has 0 heterocycles. The van der Waals surface area contributed by atoms with Crippen LogP contribution in [-0.2, 0) is 4.79 Å². The van der Waals surface area contributed by atoms with Gasteiger partial charge in [-0.05, 0) is 6.42 Å². The first-order chi connectivity index (χ1) is 5.40. The molecule has 5 nitrogen and oxygen atoms in total. The molecule has 6 heteroatoms.